The van der Waals surface area contributed by atoms with Crippen LogP contribution in [0, 0.1) is 11.6 Å². The van der Waals surface area contributed by atoms with Gasteiger partial charge in [-0.25, -0.2) is 8.78 Å². The topological polar surface area (TPSA) is 43.7 Å². The van der Waals surface area contributed by atoms with Crippen molar-refractivity contribution >= 4 is 0 Å². The zero-order valence-corrected chi connectivity index (χ0v) is 12.6. The number of likely N-dealkylation sites (tertiary alicyclic amines) is 1. The van der Waals surface area contributed by atoms with Crippen molar-refractivity contribution in [1.82, 2.24) is 4.90 Å². The Morgan fingerprint density at radius 2 is 1.70 bits per heavy atom. The number of aliphatic hydroxyl groups is 2. The zero-order chi connectivity index (χ0) is 16.4. The van der Waals surface area contributed by atoms with Gasteiger partial charge in [0.15, 0.2) is 11.6 Å². The lowest BCUT2D eigenvalue weighted by Gasteiger charge is -2.24. The van der Waals surface area contributed by atoms with Gasteiger partial charge in [0.1, 0.15) is 0 Å². The molecule has 2 atom stereocenters. The van der Waals surface area contributed by atoms with Gasteiger partial charge in [-0.3, -0.25) is 4.90 Å². The summed E-state index contributed by atoms with van der Waals surface area (Å²) in [5, 5.41) is 19.0. The first-order valence-corrected chi connectivity index (χ1v) is 7.62. The molecule has 0 radical (unpaired) electrons. The van der Waals surface area contributed by atoms with Gasteiger partial charge in [0.25, 0.3) is 0 Å². The fraction of sp³-hybridized carbons (Fsp3) is 0.333. The quantitative estimate of drug-likeness (QED) is 0.911. The molecule has 1 aliphatic heterocycles. The van der Waals surface area contributed by atoms with Crippen molar-refractivity contribution in [2.45, 2.75) is 31.7 Å². The number of halogens is 2. The van der Waals surface area contributed by atoms with Crippen LogP contribution in [0.2, 0.25) is 0 Å². The van der Waals surface area contributed by atoms with E-state index in [9.17, 15) is 13.9 Å². The smallest absolute Gasteiger partial charge is 0.159 e. The van der Waals surface area contributed by atoms with E-state index in [1.807, 2.05) is 24.3 Å². The average Bonchev–Trinajstić information content (AvgIpc) is 2.91. The first kappa shape index (κ1) is 16.1. The second-order valence-electron chi connectivity index (χ2n) is 5.98. The Bertz CT molecular complexity index is 675. The molecule has 1 saturated heterocycles. The molecule has 5 heteroatoms. The van der Waals surface area contributed by atoms with Crippen molar-refractivity contribution in [2.75, 3.05) is 6.54 Å². The summed E-state index contributed by atoms with van der Waals surface area (Å²) in [5.41, 5.74) is 2.56. The Kier molecular flexibility index (Phi) is 4.71. The number of β-amino-alcohol motifs (C(OH)–C–C–N with tert-alkyl or cyclic N) is 1. The lowest BCUT2D eigenvalue weighted by Crippen LogP contribution is -2.24. The average molecular weight is 319 g/mol. The number of hydrogen-bond donors (Lipinski definition) is 2. The minimum atomic E-state index is -0.865. The van der Waals surface area contributed by atoms with Crippen molar-refractivity contribution < 1.29 is 19.0 Å². The predicted molar refractivity (Wildman–Crippen MR) is 82.5 cm³/mol. The summed E-state index contributed by atoms with van der Waals surface area (Å²) in [5.74, 6) is -1.73. The van der Waals surface area contributed by atoms with Gasteiger partial charge < -0.3 is 10.2 Å². The molecule has 1 heterocycles. The summed E-state index contributed by atoms with van der Waals surface area (Å²) >= 11 is 0. The van der Waals surface area contributed by atoms with Crippen molar-refractivity contribution in [3.05, 3.63) is 70.8 Å². The monoisotopic (exact) mass is 319 g/mol. The van der Waals surface area contributed by atoms with Crippen LogP contribution in [0.25, 0.3) is 0 Å². The van der Waals surface area contributed by atoms with Crippen LogP contribution < -0.4 is 0 Å². The van der Waals surface area contributed by atoms with Gasteiger partial charge in [-0.1, -0.05) is 30.3 Å². The summed E-state index contributed by atoms with van der Waals surface area (Å²) < 4.78 is 26.6. The highest BCUT2D eigenvalue weighted by atomic mass is 19.2. The molecule has 3 nitrogen and oxygen atoms in total. The lowest BCUT2D eigenvalue weighted by molar-refractivity contribution is 0.172. The van der Waals surface area contributed by atoms with E-state index in [0.717, 1.165) is 17.2 Å². The highest BCUT2D eigenvalue weighted by Crippen LogP contribution is 2.34. The largest absolute Gasteiger partial charge is 0.392 e. The molecule has 23 heavy (non-hydrogen) atoms. The summed E-state index contributed by atoms with van der Waals surface area (Å²) in [6.07, 6.45) is 0.0182. The first-order valence-electron chi connectivity index (χ1n) is 7.62. The number of nitrogens with zero attached hydrogens (tertiary/aromatic N) is 1. The lowest BCUT2D eigenvalue weighted by atomic mass is 10.0. The van der Waals surface area contributed by atoms with Crippen molar-refractivity contribution in [3.63, 3.8) is 0 Å². The summed E-state index contributed by atoms with van der Waals surface area (Å²) in [7, 11) is 0. The van der Waals surface area contributed by atoms with E-state index in [0.29, 0.717) is 25.1 Å². The molecule has 0 amide bonds. The summed E-state index contributed by atoms with van der Waals surface area (Å²) in [4.78, 5) is 2.06. The first-order chi connectivity index (χ1) is 11.1. The number of benzene rings is 2. The standard InChI is InChI=1S/C18H19F2NO2/c19-16-6-5-14(7-17(16)20)18-8-15(23)10-21(18)9-12-1-3-13(11-22)4-2-12/h1-7,15,18,22-23H,8-11H2/t15-,18-/m1/s1. The minimum Gasteiger partial charge on any atom is -0.392 e. The van der Waals surface area contributed by atoms with Crippen LogP contribution >= 0.6 is 0 Å². The molecule has 1 fully saturated rings. The van der Waals surface area contributed by atoms with Crippen molar-refractivity contribution in [1.29, 1.82) is 0 Å². The van der Waals surface area contributed by atoms with Crippen LogP contribution in [0.5, 0.6) is 0 Å². The molecule has 2 aromatic carbocycles. The van der Waals surface area contributed by atoms with E-state index in [2.05, 4.69) is 4.90 Å². The minimum absolute atomic E-state index is 0.000188. The molecule has 0 aliphatic carbocycles. The van der Waals surface area contributed by atoms with Crippen LogP contribution in [0.15, 0.2) is 42.5 Å². The van der Waals surface area contributed by atoms with Crippen LogP contribution in [-0.2, 0) is 13.2 Å². The SMILES string of the molecule is OCc1ccc(CN2C[C@H](O)C[C@@H]2c2ccc(F)c(F)c2)cc1. The summed E-state index contributed by atoms with van der Waals surface area (Å²) in [6.45, 7) is 1.10. The maximum Gasteiger partial charge on any atom is 0.159 e. The Morgan fingerprint density at radius 3 is 2.35 bits per heavy atom. The number of aliphatic hydroxyl groups excluding tert-OH is 2. The van der Waals surface area contributed by atoms with Crippen molar-refractivity contribution in [2.24, 2.45) is 0 Å². The van der Waals surface area contributed by atoms with E-state index in [1.54, 1.807) is 6.07 Å². The van der Waals surface area contributed by atoms with Gasteiger partial charge >= 0.3 is 0 Å². The molecule has 122 valence electrons. The number of hydrogen-bond acceptors (Lipinski definition) is 3. The maximum atomic E-state index is 13.5. The normalized spacial score (nSPS) is 21.7. The van der Waals surface area contributed by atoms with Crippen LogP contribution in [0.1, 0.15) is 29.2 Å². The molecule has 0 aromatic heterocycles. The van der Waals surface area contributed by atoms with Gasteiger partial charge in [-0.2, -0.15) is 0 Å². The van der Waals surface area contributed by atoms with E-state index >= 15 is 0 Å². The molecule has 0 unspecified atom stereocenters. The fourth-order valence-corrected chi connectivity index (χ4v) is 3.11. The summed E-state index contributed by atoms with van der Waals surface area (Å²) in [6, 6.07) is 11.3. The molecule has 1 aliphatic rings. The van der Waals surface area contributed by atoms with Crippen molar-refractivity contribution in [3.8, 4) is 0 Å². The van der Waals surface area contributed by atoms with Crippen LogP contribution in [0.4, 0.5) is 8.78 Å². The molecule has 0 bridgehead atoms. The van der Waals surface area contributed by atoms with E-state index in [1.165, 1.54) is 6.07 Å². The third kappa shape index (κ3) is 3.58. The number of rotatable bonds is 4. The van der Waals surface area contributed by atoms with E-state index in [4.69, 9.17) is 5.11 Å². The second-order valence-corrected chi connectivity index (χ2v) is 5.98. The van der Waals surface area contributed by atoms with Gasteiger partial charge in [0, 0.05) is 19.1 Å². The molecule has 0 saturated carbocycles. The van der Waals surface area contributed by atoms with Gasteiger partial charge in [0.05, 0.1) is 12.7 Å². The van der Waals surface area contributed by atoms with Crippen LogP contribution in [0.3, 0.4) is 0 Å². The van der Waals surface area contributed by atoms with Crippen LogP contribution in [-0.4, -0.2) is 27.8 Å². The third-order valence-corrected chi connectivity index (χ3v) is 4.30. The molecule has 2 N–H and O–H groups in total. The zero-order valence-electron chi connectivity index (χ0n) is 12.6. The molecule has 0 spiro atoms. The fourth-order valence-electron chi connectivity index (χ4n) is 3.11. The van der Waals surface area contributed by atoms with Gasteiger partial charge in [-0.05, 0) is 35.2 Å². The molecular weight excluding hydrogens is 300 g/mol. The predicted octanol–water partition coefficient (Wildman–Crippen LogP) is 2.77. The highest BCUT2D eigenvalue weighted by molar-refractivity contribution is 5.25. The molecular formula is C18H19F2NO2. The Labute approximate surface area is 133 Å². The van der Waals surface area contributed by atoms with E-state index in [-0.39, 0.29) is 12.6 Å². The third-order valence-electron chi connectivity index (χ3n) is 4.30. The maximum absolute atomic E-state index is 13.5. The Hall–Kier alpha value is -1.82. The molecule has 2 aromatic rings. The molecule has 3 rings (SSSR count). The highest BCUT2D eigenvalue weighted by Gasteiger charge is 2.32. The Balaban J connectivity index is 1.79. The Morgan fingerprint density at radius 1 is 1.00 bits per heavy atom. The van der Waals surface area contributed by atoms with Gasteiger partial charge in [0.2, 0.25) is 0 Å². The second kappa shape index (κ2) is 6.74. The van der Waals surface area contributed by atoms with Gasteiger partial charge in [-0.15, -0.1) is 0 Å². The van der Waals surface area contributed by atoms with E-state index < -0.39 is 17.7 Å².